The van der Waals surface area contributed by atoms with Crippen LogP contribution in [0.5, 0.6) is 0 Å². The van der Waals surface area contributed by atoms with E-state index in [4.69, 9.17) is 0 Å². The van der Waals surface area contributed by atoms with Crippen molar-refractivity contribution >= 4 is 0 Å². The van der Waals surface area contributed by atoms with Crippen LogP contribution in [0.15, 0.2) is 0 Å². The minimum atomic E-state index is -0.0282. The van der Waals surface area contributed by atoms with Gasteiger partial charge in [0.05, 0.1) is 6.10 Å². The number of aliphatic hydroxyl groups is 1. The van der Waals surface area contributed by atoms with Gasteiger partial charge in [-0.15, -0.1) is 0 Å². The van der Waals surface area contributed by atoms with Gasteiger partial charge in [-0.2, -0.15) is 0 Å². The minimum Gasteiger partial charge on any atom is -0.393 e. The Labute approximate surface area is 101 Å². The molecule has 0 amide bonds. The van der Waals surface area contributed by atoms with Gasteiger partial charge < -0.3 is 10.4 Å². The molecule has 1 saturated carbocycles. The molecule has 0 spiro atoms. The topological polar surface area (TPSA) is 32.3 Å². The number of aliphatic hydroxyl groups excluding tert-OH is 1. The van der Waals surface area contributed by atoms with E-state index in [0.717, 1.165) is 12.8 Å². The largest absolute Gasteiger partial charge is 0.393 e. The quantitative estimate of drug-likeness (QED) is 0.593. The molecule has 2 nitrogen and oxygen atoms in total. The van der Waals surface area contributed by atoms with Gasteiger partial charge in [0.15, 0.2) is 0 Å². The highest BCUT2D eigenvalue weighted by Gasteiger charge is 2.28. The summed E-state index contributed by atoms with van der Waals surface area (Å²) in [7, 11) is 0. The second-order valence-electron chi connectivity index (χ2n) is 5.30. The van der Waals surface area contributed by atoms with Crippen molar-refractivity contribution in [3.63, 3.8) is 0 Å². The van der Waals surface area contributed by atoms with E-state index in [9.17, 15) is 5.11 Å². The number of rotatable bonds is 9. The van der Waals surface area contributed by atoms with E-state index in [1.807, 2.05) is 0 Å². The average Bonchev–Trinajstić information content (AvgIpc) is 2.24. The average molecular weight is 227 g/mol. The molecule has 96 valence electrons. The first kappa shape index (κ1) is 14.0. The summed E-state index contributed by atoms with van der Waals surface area (Å²) in [6.07, 6.45) is 11.3. The molecule has 1 aliphatic carbocycles. The highest BCUT2D eigenvalue weighted by Crippen LogP contribution is 2.21. The summed E-state index contributed by atoms with van der Waals surface area (Å²) in [5.74, 6) is 0. The van der Waals surface area contributed by atoms with Crippen LogP contribution >= 0.6 is 0 Å². The zero-order chi connectivity index (χ0) is 11.8. The van der Waals surface area contributed by atoms with Gasteiger partial charge in [-0.25, -0.2) is 0 Å². The van der Waals surface area contributed by atoms with E-state index in [1.54, 1.807) is 0 Å². The van der Waals surface area contributed by atoms with Crippen molar-refractivity contribution in [3.05, 3.63) is 0 Å². The maximum Gasteiger partial charge on any atom is 0.0570 e. The van der Waals surface area contributed by atoms with E-state index < -0.39 is 0 Å². The van der Waals surface area contributed by atoms with Gasteiger partial charge in [0.2, 0.25) is 0 Å². The van der Waals surface area contributed by atoms with Crippen LogP contribution in [0.25, 0.3) is 0 Å². The Balaban J connectivity index is 1.98. The second kappa shape index (κ2) is 8.08. The van der Waals surface area contributed by atoms with Crippen LogP contribution in [-0.2, 0) is 0 Å². The first-order chi connectivity index (χ1) is 7.76. The summed E-state index contributed by atoms with van der Waals surface area (Å²) in [5.41, 5.74) is 0. The molecule has 16 heavy (non-hydrogen) atoms. The first-order valence-electron chi connectivity index (χ1n) is 7.20. The van der Waals surface area contributed by atoms with Gasteiger partial charge in [-0.1, -0.05) is 46.0 Å². The summed E-state index contributed by atoms with van der Waals surface area (Å²) in [4.78, 5) is 0. The molecule has 0 saturated heterocycles. The van der Waals surface area contributed by atoms with Crippen LogP contribution < -0.4 is 5.32 Å². The molecule has 0 bridgehead atoms. The molecule has 1 fully saturated rings. The molecular weight excluding hydrogens is 198 g/mol. The van der Waals surface area contributed by atoms with Gasteiger partial charge >= 0.3 is 0 Å². The van der Waals surface area contributed by atoms with Crippen LogP contribution in [0, 0.1) is 0 Å². The molecule has 1 aliphatic rings. The van der Waals surface area contributed by atoms with E-state index in [0.29, 0.717) is 12.1 Å². The molecule has 2 N–H and O–H groups in total. The highest BCUT2D eigenvalue weighted by atomic mass is 16.3. The molecule has 0 aromatic heterocycles. The van der Waals surface area contributed by atoms with E-state index in [-0.39, 0.29) is 6.10 Å². The predicted molar refractivity (Wildman–Crippen MR) is 69.6 cm³/mol. The van der Waals surface area contributed by atoms with E-state index in [1.165, 1.54) is 44.9 Å². The lowest BCUT2D eigenvalue weighted by atomic mass is 9.88. The van der Waals surface area contributed by atoms with Crippen LogP contribution in [0.1, 0.15) is 71.6 Å². The summed E-state index contributed by atoms with van der Waals surface area (Å²) in [6, 6.07) is 1.27. The fraction of sp³-hybridized carbons (Fsp3) is 1.00. The monoisotopic (exact) mass is 227 g/mol. The Hall–Kier alpha value is -0.0800. The van der Waals surface area contributed by atoms with Gasteiger partial charge in [-0.3, -0.25) is 0 Å². The molecular formula is C14H29NO. The number of hydrogen-bond acceptors (Lipinski definition) is 2. The maximum atomic E-state index is 9.24. The highest BCUT2D eigenvalue weighted by molar-refractivity contribution is 4.86. The van der Waals surface area contributed by atoms with Crippen LogP contribution in [0.3, 0.4) is 0 Å². The van der Waals surface area contributed by atoms with Gasteiger partial charge in [0.1, 0.15) is 0 Å². The molecule has 0 radical (unpaired) electrons. The van der Waals surface area contributed by atoms with Crippen molar-refractivity contribution in [2.24, 2.45) is 0 Å². The van der Waals surface area contributed by atoms with E-state index in [2.05, 4.69) is 19.2 Å². The molecule has 0 aromatic rings. The van der Waals surface area contributed by atoms with Gasteiger partial charge in [0.25, 0.3) is 0 Å². The van der Waals surface area contributed by atoms with Crippen LogP contribution in [0.2, 0.25) is 0 Å². The number of unbranched alkanes of at least 4 members (excludes halogenated alkanes) is 4. The Bertz CT molecular complexity index is 166. The van der Waals surface area contributed by atoms with E-state index >= 15 is 0 Å². The lowest BCUT2D eigenvalue weighted by Crippen LogP contribution is -2.48. The lowest BCUT2D eigenvalue weighted by Gasteiger charge is -2.35. The zero-order valence-corrected chi connectivity index (χ0v) is 11.0. The van der Waals surface area contributed by atoms with Crippen LogP contribution in [0.4, 0.5) is 0 Å². The van der Waals surface area contributed by atoms with Crippen molar-refractivity contribution in [2.45, 2.75) is 89.8 Å². The standard InChI is InChI=1S/C14H29NO/c1-3-5-6-7-8-9-12(4-2)15-13-10-14(16)11-13/h12-16H,3-11H2,1-2H3/t12?,13-,14-. The SMILES string of the molecule is CCCCCCCC(CC)N[C@H]1C[C@H](O)C1. The molecule has 0 heterocycles. The third-order valence-electron chi connectivity index (χ3n) is 3.73. The van der Waals surface area contributed by atoms with Crippen molar-refractivity contribution < 1.29 is 5.11 Å². The zero-order valence-electron chi connectivity index (χ0n) is 11.0. The third kappa shape index (κ3) is 5.31. The fourth-order valence-corrected chi connectivity index (χ4v) is 2.46. The van der Waals surface area contributed by atoms with Crippen molar-refractivity contribution in [2.75, 3.05) is 0 Å². The minimum absolute atomic E-state index is 0.0282. The van der Waals surface area contributed by atoms with Crippen molar-refractivity contribution in [1.82, 2.24) is 5.32 Å². The molecule has 0 aliphatic heterocycles. The molecule has 2 heteroatoms. The van der Waals surface area contributed by atoms with Crippen molar-refractivity contribution in [1.29, 1.82) is 0 Å². The maximum absolute atomic E-state index is 9.24. The first-order valence-corrected chi connectivity index (χ1v) is 7.20. The summed E-state index contributed by atoms with van der Waals surface area (Å²) >= 11 is 0. The molecule has 0 aromatic carbocycles. The predicted octanol–water partition coefficient (Wildman–Crippen LogP) is 3.24. The number of nitrogens with one attached hydrogen (secondary N) is 1. The smallest absolute Gasteiger partial charge is 0.0570 e. The summed E-state index contributed by atoms with van der Waals surface area (Å²) < 4.78 is 0. The fourth-order valence-electron chi connectivity index (χ4n) is 2.46. The van der Waals surface area contributed by atoms with Gasteiger partial charge in [-0.05, 0) is 25.7 Å². The second-order valence-corrected chi connectivity index (χ2v) is 5.30. The molecule has 1 unspecified atom stereocenters. The lowest BCUT2D eigenvalue weighted by molar-refractivity contribution is 0.0568. The Kier molecular flexibility index (Phi) is 7.06. The van der Waals surface area contributed by atoms with Crippen LogP contribution in [-0.4, -0.2) is 23.3 Å². The molecule has 1 atom stereocenters. The Morgan fingerprint density at radius 3 is 2.38 bits per heavy atom. The summed E-state index contributed by atoms with van der Waals surface area (Å²) in [6.45, 7) is 4.52. The number of hydrogen-bond donors (Lipinski definition) is 2. The van der Waals surface area contributed by atoms with Gasteiger partial charge in [0, 0.05) is 12.1 Å². The Morgan fingerprint density at radius 1 is 1.12 bits per heavy atom. The molecule has 1 rings (SSSR count). The van der Waals surface area contributed by atoms with Crippen molar-refractivity contribution in [3.8, 4) is 0 Å². The Morgan fingerprint density at radius 2 is 1.81 bits per heavy atom. The third-order valence-corrected chi connectivity index (χ3v) is 3.73. The normalized spacial score (nSPS) is 26.4. The summed E-state index contributed by atoms with van der Waals surface area (Å²) in [5, 5.41) is 12.9.